The quantitative estimate of drug-likeness (QED) is 0.568. The highest BCUT2D eigenvalue weighted by molar-refractivity contribution is 6.29. The Labute approximate surface area is 140 Å². The lowest BCUT2D eigenvalue weighted by molar-refractivity contribution is 0.0976. The Morgan fingerprint density at radius 2 is 1.58 bits per heavy atom. The van der Waals surface area contributed by atoms with Gasteiger partial charge in [0, 0.05) is 16.7 Å². The lowest BCUT2D eigenvalue weighted by Crippen LogP contribution is -2.21. The largest absolute Gasteiger partial charge is 0.504 e. The van der Waals surface area contributed by atoms with Crippen LogP contribution in [0.2, 0.25) is 0 Å². The van der Waals surface area contributed by atoms with E-state index in [4.69, 9.17) is 0 Å². The Bertz CT molecular complexity index is 887. The number of carbonyl (C=O) groups excluding carboxylic acids is 2. The number of fused-ring (bicyclic) bond motifs is 2. The second kappa shape index (κ2) is 5.96. The molecule has 122 valence electrons. The average molecular weight is 322 g/mol. The number of benzene rings is 2. The molecule has 2 aromatic rings. The van der Waals surface area contributed by atoms with Gasteiger partial charge >= 0.3 is 0 Å². The zero-order valence-electron chi connectivity index (χ0n) is 13.6. The number of allylic oxidation sites excluding steroid dienone is 2. The van der Waals surface area contributed by atoms with Gasteiger partial charge in [0.25, 0.3) is 0 Å². The molecule has 0 heterocycles. The number of rotatable bonds is 3. The summed E-state index contributed by atoms with van der Waals surface area (Å²) < 4.78 is 0. The molecular weight excluding hydrogens is 304 g/mol. The van der Waals surface area contributed by atoms with Gasteiger partial charge in [-0.2, -0.15) is 0 Å². The van der Waals surface area contributed by atoms with E-state index in [0.29, 0.717) is 24.0 Å². The van der Waals surface area contributed by atoms with Gasteiger partial charge in [-0.15, -0.1) is 0 Å². The second-order valence-electron chi connectivity index (χ2n) is 6.18. The van der Waals surface area contributed by atoms with Crippen LogP contribution >= 0.6 is 0 Å². The van der Waals surface area contributed by atoms with E-state index in [1.807, 2.05) is 19.9 Å². The SMILES string of the molecule is CC(C)=CCCc1cc2c(c(O)c1O)C(=O)c1ccccc1C2=O. The summed E-state index contributed by atoms with van der Waals surface area (Å²) in [4.78, 5) is 25.3. The fourth-order valence-corrected chi connectivity index (χ4v) is 2.99. The third-order valence-corrected chi connectivity index (χ3v) is 4.21. The van der Waals surface area contributed by atoms with Crippen molar-refractivity contribution in [3.8, 4) is 11.5 Å². The van der Waals surface area contributed by atoms with Crippen molar-refractivity contribution in [2.45, 2.75) is 26.7 Å². The fourth-order valence-electron chi connectivity index (χ4n) is 2.99. The highest BCUT2D eigenvalue weighted by Crippen LogP contribution is 2.40. The van der Waals surface area contributed by atoms with Crippen LogP contribution in [-0.2, 0) is 6.42 Å². The molecular formula is C20H18O4. The summed E-state index contributed by atoms with van der Waals surface area (Å²) in [7, 11) is 0. The molecule has 0 spiro atoms. The summed E-state index contributed by atoms with van der Waals surface area (Å²) in [5, 5.41) is 20.5. The van der Waals surface area contributed by atoms with Crippen LogP contribution in [0.1, 0.15) is 57.7 Å². The van der Waals surface area contributed by atoms with Crippen molar-refractivity contribution in [1.82, 2.24) is 0 Å². The summed E-state index contributed by atoms with van der Waals surface area (Å²) in [6.07, 6.45) is 3.16. The van der Waals surface area contributed by atoms with Crippen LogP contribution in [0.15, 0.2) is 42.0 Å². The minimum Gasteiger partial charge on any atom is -0.504 e. The number of phenols is 2. The van der Waals surface area contributed by atoms with Gasteiger partial charge in [0.05, 0.1) is 5.56 Å². The molecule has 0 amide bonds. The predicted molar refractivity (Wildman–Crippen MR) is 90.8 cm³/mol. The molecule has 0 bridgehead atoms. The van der Waals surface area contributed by atoms with E-state index in [1.54, 1.807) is 24.3 Å². The van der Waals surface area contributed by atoms with E-state index in [9.17, 15) is 19.8 Å². The molecule has 0 radical (unpaired) electrons. The average Bonchev–Trinajstić information content (AvgIpc) is 2.56. The number of hydrogen-bond donors (Lipinski definition) is 2. The number of hydrogen-bond acceptors (Lipinski definition) is 4. The van der Waals surface area contributed by atoms with Crippen molar-refractivity contribution in [2.24, 2.45) is 0 Å². The van der Waals surface area contributed by atoms with Crippen LogP contribution in [-0.4, -0.2) is 21.8 Å². The van der Waals surface area contributed by atoms with E-state index < -0.39 is 11.5 Å². The Hall–Kier alpha value is -2.88. The monoisotopic (exact) mass is 322 g/mol. The summed E-state index contributed by atoms with van der Waals surface area (Å²) in [6.45, 7) is 3.95. The molecule has 0 aliphatic heterocycles. The van der Waals surface area contributed by atoms with Crippen molar-refractivity contribution < 1.29 is 19.8 Å². The maximum atomic E-state index is 12.7. The maximum Gasteiger partial charge on any atom is 0.198 e. The number of aromatic hydroxyl groups is 2. The maximum absolute atomic E-state index is 12.7. The Balaban J connectivity index is 2.12. The standard InChI is InChI=1S/C20H18O4/c1-11(2)6-5-7-12-10-15-16(20(24)17(12)21)19(23)14-9-4-3-8-13(14)18(15)22/h3-4,6,8-10,21,24H,5,7H2,1-2H3. The summed E-state index contributed by atoms with van der Waals surface area (Å²) >= 11 is 0. The molecule has 4 heteroatoms. The zero-order valence-corrected chi connectivity index (χ0v) is 13.6. The van der Waals surface area contributed by atoms with E-state index in [1.165, 1.54) is 6.07 Å². The number of phenolic OH excluding ortho intramolecular Hbond substituents is 2. The molecule has 1 aliphatic rings. The summed E-state index contributed by atoms with van der Waals surface area (Å²) in [5.74, 6) is -1.58. The van der Waals surface area contributed by atoms with Crippen molar-refractivity contribution in [1.29, 1.82) is 0 Å². The Morgan fingerprint density at radius 3 is 2.21 bits per heavy atom. The first-order chi connectivity index (χ1) is 11.4. The molecule has 2 aromatic carbocycles. The number of carbonyl (C=O) groups is 2. The van der Waals surface area contributed by atoms with Gasteiger partial charge in [-0.3, -0.25) is 9.59 Å². The minimum atomic E-state index is -0.507. The van der Waals surface area contributed by atoms with Gasteiger partial charge in [-0.1, -0.05) is 35.9 Å². The number of ketones is 2. The molecule has 24 heavy (non-hydrogen) atoms. The van der Waals surface area contributed by atoms with Crippen LogP contribution in [0.4, 0.5) is 0 Å². The van der Waals surface area contributed by atoms with Gasteiger partial charge in [0.2, 0.25) is 0 Å². The molecule has 3 rings (SSSR count). The first kappa shape index (κ1) is 16.0. The normalized spacial score (nSPS) is 12.6. The lowest BCUT2D eigenvalue weighted by atomic mass is 9.82. The van der Waals surface area contributed by atoms with Crippen LogP contribution < -0.4 is 0 Å². The molecule has 2 N–H and O–H groups in total. The minimum absolute atomic E-state index is 0.109. The fraction of sp³-hybridized carbons (Fsp3) is 0.200. The zero-order chi connectivity index (χ0) is 17.4. The third kappa shape index (κ3) is 2.50. The molecule has 0 saturated carbocycles. The lowest BCUT2D eigenvalue weighted by Gasteiger charge is -2.20. The van der Waals surface area contributed by atoms with E-state index >= 15 is 0 Å². The summed E-state index contributed by atoms with van der Waals surface area (Å²) in [5.41, 5.74) is 2.24. The smallest absolute Gasteiger partial charge is 0.198 e. The van der Waals surface area contributed by atoms with Gasteiger partial charge in [0.15, 0.2) is 23.1 Å². The van der Waals surface area contributed by atoms with E-state index in [-0.39, 0.29) is 28.2 Å². The van der Waals surface area contributed by atoms with Crippen molar-refractivity contribution >= 4 is 11.6 Å². The molecule has 0 saturated heterocycles. The number of aryl methyl sites for hydroxylation is 1. The molecule has 1 aliphatic carbocycles. The van der Waals surface area contributed by atoms with Crippen LogP contribution in [0, 0.1) is 0 Å². The predicted octanol–water partition coefficient (Wildman–Crippen LogP) is 3.77. The summed E-state index contributed by atoms with van der Waals surface area (Å²) in [6, 6.07) is 8.05. The van der Waals surface area contributed by atoms with Gasteiger partial charge in [-0.05, 0) is 38.3 Å². The second-order valence-corrected chi connectivity index (χ2v) is 6.18. The molecule has 0 aromatic heterocycles. The van der Waals surface area contributed by atoms with Crippen LogP contribution in [0.3, 0.4) is 0 Å². The molecule has 0 atom stereocenters. The molecule has 4 nitrogen and oxygen atoms in total. The molecule has 0 fully saturated rings. The molecule has 0 unspecified atom stereocenters. The highest BCUT2D eigenvalue weighted by Gasteiger charge is 2.33. The van der Waals surface area contributed by atoms with Crippen molar-refractivity contribution in [2.75, 3.05) is 0 Å². The van der Waals surface area contributed by atoms with Gasteiger partial charge in [0.1, 0.15) is 0 Å². The first-order valence-electron chi connectivity index (χ1n) is 7.81. The Morgan fingerprint density at radius 1 is 0.958 bits per heavy atom. The van der Waals surface area contributed by atoms with E-state index in [2.05, 4.69) is 0 Å². The third-order valence-electron chi connectivity index (χ3n) is 4.21. The van der Waals surface area contributed by atoms with Gasteiger partial charge in [-0.25, -0.2) is 0 Å². The Kier molecular flexibility index (Phi) is 3.97. The van der Waals surface area contributed by atoms with E-state index in [0.717, 1.165) is 5.57 Å². The first-order valence-corrected chi connectivity index (χ1v) is 7.81. The van der Waals surface area contributed by atoms with Crippen molar-refractivity contribution in [3.63, 3.8) is 0 Å². The van der Waals surface area contributed by atoms with Crippen LogP contribution in [0.5, 0.6) is 11.5 Å². The van der Waals surface area contributed by atoms with Crippen LogP contribution in [0.25, 0.3) is 0 Å². The van der Waals surface area contributed by atoms with Crippen molar-refractivity contribution in [3.05, 3.63) is 69.8 Å². The topological polar surface area (TPSA) is 74.6 Å². The van der Waals surface area contributed by atoms with Gasteiger partial charge < -0.3 is 10.2 Å². The highest BCUT2D eigenvalue weighted by atomic mass is 16.3.